The molecule has 1 amide bonds. The number of ether oxygens (including phenoxy) is 2. The van der Waals surface area contributed by atoms with Gasteiger partial charge in [0.05, 0.1) is 25.4 Å². The van der Waals surface area contributed by atoms with Crippen LogP contribution in [0.25, 0.3) is 0 Å². The molecule has 1 saturated heterocycles. The van der Waals surface area contributed by atoms with Crippen LogP contribution in [0.3, 0.4) is 0 Å². The number of benzene rings is 1. The van der Waals surface area contributed by atoms with Crippen LogP contribution >= 0.6 is 0 Å². The van der Waals surface area contributed by atoms with Gasteiger partial charge in [-0.25, -0.2) is 0 Å². The van der Waals surface area contributed by atoms with E-state index >= 15 is 0 Å². The van der Waals surface area contributed by atoms with E-state index in [1.807, 2.05) is 25.1 Å². The third-order valence-electron chi connectivity index (χ3n) is 3.78. The minimum absolute atomic E-state index is 0.178. The first kappa shape index (κ1) is 15.6. The van der Waals surface area contributed by atoms with Crippen LogP contribution < -0.4 is 4.74 Å². The number of para-hydroxylation sites is 1. The average molecular weight is 317 g/mol. The van der Waals surface area contributed by atoms with E-state index in [9.17, 15) is 9.90 Å². The van der Waals surface area contributed by atoms with Crippen molar-refractivity contribution in [2.24, 2.45) is 0 Å². The Morgan fingerprint density at radius 3 is 2.70 bits per heavy atom. The van der Waals surface area contributed by atoms with E-state index in [-0.39, 0.29) is 30.3 Å². The summed E-state index contributed by atoms with van der Waals surface area (Å²) < 4.78 is 16.3. The number of carbonyl (C=O) groups excluding carboxylic acids is 1. The molecule has 1 aliphatic rings. The summed E-state index contributed by atoms with van der Waals surface area (Å²) in [5.74, 6) is 0.772. The Kier molecular flexibility index (Phi) is 4.64. The maximum absolute atomic E-state index is 12.6. The number of likely N-dealkylation sites (N-methyl/N-ethyl adjacent to an activating group) is 1. The fourth-order valence-corrected chi connectivity index (χ4v) is 2.59. The van der Waals surface area contributed by atoms with Gasteiger partial charge in [-0.15, -0.1) is 0 Å². The van der Waals surface area contributed by atoms with Crippen molar-refractivity contribution in [3.05, 3.63) is 48.2 Å². The number of hydrogen-bond donors (Lipinski definition) is 1. The van der Waals surface area contributed by atoms with Gasteiger partial charge in [0.2, 0.25) is 0 Å². The fourth-order valence-electron chi connectivity index (χ4n) is 2.59. The highest BCUT2D eigenvalue weighted by Crippen LogP contribution is 2.25. The number of amides is 1. The molecule has 23 heavy (non-hydrogen) atoms. The lowest BCUT2D eigenvalue weighted by molar-refractivity contribution is 0.0488. The van der Waals surface area contributed by atoms with Gasteiger partial charge in [0.15, 0.2) is 5.76 Å². The van der Waals surface area contributed by atoms with Crippen LogP contribution in [0.4, 0.5) is 0 Å². The maximum Gasteiger partial charge on any atom is 0.290 e. The highest BCUT2D eigenvalue weighted by atomic mass is 16.6. The van der Waals surface area contributed by atoms with Crippen molar-refractivity contribution in [2.45, 2.75) is 19.1 Å². The molecule has 1 aromatic carbocycles. The summed E-state index contributed by atoms with van der Waals surface area (Å²) in [5.41, 5.74) is 0. The van der Waals surface area contributed by atoms with Gasteiger partial charge >= 0.3 is 0 Å². The molecule has 1 aromatic heterocycles. The van der Waals surface area contributed by atoms with Crippen molar-refractivity contribution < 1.29 is 23.8 Å². The second kappa shape index (κ2) is 6.85. The molecule has 2 atom stereocenters. The molecule has 0 radical (unpaired) electrons. The number of aliphatic hydroxyl groups is 1. The van der Waals surface area contributed by atoms with E-state index in [4.69, 9.17) is 13.9 Å². The third kappa shape index (κ3) is 3.38. The normalized spacial score (nSPS) is 20.4. The SMILES string of the molecule is CCN(C(=O)c1ccc(Oc2ccccc2)o1)[C@H]1COC[C@@H]1O. The lowest BCUT2D eigenvalue weighted by Crippen LogP contribution is -2.46. The molecule has 0 unspecified atom stereocenters. The summed E-state index contributed by atoms with van der Waals surface area (Å²) in [4.78, 5) is 14.1. The number of carbonyl (C=O) groups is 1. The Morgan fingerprint density at radius 2 is 2.04 bits per heavy atom. The first-order chi connectivity index (χ1) is 11.2. The predicted molar refractivity (Wildman–Crippen MR) is 82.5 cm³/mol. The summed E-state index contributed by atoms with van der Waals surface area (Å²) in [6.07, 6.45) is -0.672. The molecule has 0 saturated carbocycles. The van der Waals surface area contributed by atoms with Crippen molar-refractivity contribution in [3.63, 3.8) is 0 Å². The zero-order valence-electron chi connectivity index (χ0n) is 12.8. The Hall–Kier alpha value is -2.31. The molecule has 2 aromatic rings. The summed E-state index contributed by atoms with van der Waals surface area (Å²) in [6, 6.07) is 12.0. The van der Waals surface area contributed by atoms with Crippen molar-refractivity contribution in [1.82, 2.24) is 4.90 Å². The third-order valence-corrected chi connectivity index (χ3v) is 3.78. The monoisotopic (exact) mass is 317 g/mol. The van der Waals surface area contributed by atoms with Gasteiger partial charge in [-0.1, -0.05) is 18.2 Å². The lowest BCUT2D eigenvalue weighted by Gasteiger charge is -2.27. The predicted octanol–water partition coefficient (Wildman–Crippen LogP) is 2.29. The van der Waals surface area contributed by atoms with Crippen LogP contribution in [-0.4, -0.2) is 47.8 Å². The number of nitrogens with zero attached hydrogens (tertiary/aromatic N) is 1. The van der Waals surface area contributed by atoms with E-state index in [1.165, 1.54) is 0 Å². The Labute approximate surface area is 134 Å². The highest BCUT2D eigenvalue weighted by molar-refractivity contribution is 5.92. The van der Waals surface area contributed by atoms with Crippen LogP contribution in [0.5, 0.6) is 11.7 Å². The second-order valence-corrected chi connectivity index (χ2v) is 5.30. The molecule has 1 N–H and O–H groups in total. The smallest absolute Gasteiger partial charge is 0.290 e. The maximum atomic E-state index is 12.6. The van der Waals surface area contributed by atoms with Gasteiger partial charge in [-0.3, -0.25) is 4.79 Å². The second-order valence-electron chi connectivity index (χ2n) is 5.30. The van der Waals surface area contributed by atoms with Gasteiger partial charge in [0.25, 0.3) is 11.9 Å². The van der Waals surface area contributed by atoms with Crippen LogP contribution in [-0.2, 0) is 4.74 Å². The van der Waals surface area contributed by atoms with Gasteiger partial charge in [0, 0.05) is 12.6 Å². The molecule has 6 heteroatoms. The van der Waals surface area contributed by atoms with Crippen LogP contribution in [0, 0.1) is 0 Å². The number of rotatable bonds is 5. The minimum atomic E-state index is -0.672. The molecule has 6 nitrogen and oxygen atoms in total. The Balaban J connectivity index is 1.72. The highest BCUT2D eigenvalue weighted by Gasteiger charge is 2.35. The van der Waals surface area contributed by atoms with Crippen molar-refractivity contribution in [3.8, 4) is 11.7 Å². The fraction of sp³-hybridized carbons (Fsp3) is 0.353. The van der Waals surface area contributed by atoms with Gasteiger partial charge < -0.3 is 23.9 Å². The summed E-state index contributed by atoms with van der Waals surface area (Å²) in [7, 11) is 0. The van der Waals surface area contributed by atoms with Crippen molar-refractivity contribution >= 4 is 5.91 Å². The van der Waals surface area contributed by atoms with E-state index < -0.39 is 6.10 Å². The number of hydrogen-bond acceptors (Lipinski definition) is 5. The van der Waals surface area contributed by atoms with Crippen LogP contribution in [0.15, 0.2) is 46.9 Å². The zero-order chi connectivity index (χ0) is 16.2. The van der Waals surface area contributed by atoms with Crippen LogP contribution in [0.1, 0.15) is 17.5 Å². The first-order valence-electron chi connectivity index (χ1n) is 7.58. The summed E-state index contributed by atoms with van der Waals surface area (Å²) in [5, 5.41) is 9.91. The van der Waals surface area contributed by atoms with Crippen molar-refractivity contribution in [1.29, 1.82) is 0 Å². The van der Waals surface area contributed by atoms with Crippen LogP contribution in [0.2, 0.25) is 0 Å². The van der Waals surface area contributed by atoms with Gasteiger partial charge in [-0.2, -0.15) is 0 Å². The zero-order valence-corrected chi connectivity index (χ0v) is 12.8. The number of furan rings is 1. The molecular weight excluding hydrogens is 298 g/mol. The van der Waals surface area contributed by atoms with E-state index in [0.717, 1.165) is 0 Å². The molecule has 2 heterocycles. The molecule has 1 aliphatic heterocycles. The number of aliphatic hydroxyl groups excluding tert-OH is 1. The largest absolute Gasteiger partial charge is 0.426 e. The molecule has 3 rings (SSSR count). The molecule has 0 spiro atoms. The molecular formula is C17H19NO5. The topological polar surface area (TPSA) is 72.1 Å². The minimum Gasteiger partial charge on any atom is -0.426 e. The molecule has 1 fully saturated rings. The van der Waals surface area contributed by atoms with E-state index in [1.54, 1.807) is 29.2 Å². The first-order valence-corrected chi connectivity index (χ1v) is 7.58. The lowest BCUT2D eigenvalue weighted by atomic mass is 10.1. The molecule has 122 valence electrons. The molecule has 0 aliphatic carbocycles. The Morgan fingerprint density at radius 1 is 1.26 bits per heavy atom. The van der Waals surface area contributed by atoms with Gasteiger partial charge in [-0.05, 0) is 25.1 Å². The van der Waals surface area contributed by atoms with E-state index in [2.05, 4.69) is 0 Å². The standard InChI is InChI=1S/C17H19NO5/c1-2-18(13-10-21-11-14(13)19)17(20)15-8-9-16(23-15)22-12-6-4-3-5-7-12/h3-9,13-14,19H,2,10-11H2,1H3/t13-,14-/m0/s1. The Bertz CT molecular complexity index is 654. The van der Waals surface area contributed by atoms with Crippen molar-refractivity contribution in [2.75, 3.05) is 19.8 Å². The summed E-state index contributed by atoms with van der Waals surface area (Å²) in [6.45, 7) is 2.89. The summed E-state index contributed by atoms with van der Waals surface area (Å²) >= 11 is 0. The average Bonchev–Trinajstić information content (AvgIpc) is 3.19. The molecule has 0 bridgehead atoms. The quantitative estimate of drug-likeness (QED) is 0.916. The van der Waals surface area contributed by atoms with Gasteiger partial charge in [0.1, 0.15) is 5.75 Å². The van der Waals surface area contributed by atoms with E-state index in [0.29, 0.717) is 18.9 Å².